The molecule has 0 spiro atoms. The van der Waals surface area contributed by atoms with E-state index in [0.717, 1.165) is 30.7 Å². The summed E-state index contributed by atoms with van der Waals surface area (Å²) < 4.78 is 10.5. The van der Waals surface area contributed by atoms with Gasteiger partial charge in [-0.1, -0.05) is 6.92 Å². The lowest BCUT2D eigenvalue weighted by atomic mass is 10.1. The highest BCUT2D eigenvalue weighted by Crippen LogP contribution is 2.29. The number of nitrogens with zero attached hydrogens (tertiary/aromatic N) is 3. The third-order valence-corrected chi connectivity index (χ3v) is 3.27. The number of hydrogen-bond acceptors (Lipinski definition) is 7. The smallest absolute Gasteiger partial charge is 0.341 e. The van der Waals surface area contributed by atoms with E-state index >= 15 is 0 Å². The number of esters is 1. The number of nitrogens with one attached hydrogen (secondary N) is 1. The van der Waals surface area contributed by atoms with Gasteiger partial charge >= 0.3 is 5.97 Å². The lowest BCUT2D eigenvalue weighted by molar-refractivity contribution is 0.0526. The number of nitrogens with two attached hydrogens (primary N) is 1. The molecule has 1 fully saturated rings. The zero-order chi connectivity index (χ0) is 16.7. The molecule has 1 aliphatic rings. The highest BCUT2D eigenvalue weighted by atomic mass is 16.5. The van der Waals surface area contributed by atoms with Gasteiger partial charge in [0, 0.05) is 19.3 Å². The van der Waals surface area contributed by atoms with Crippen molar-refractivity contribution >= 4 is 22.7 Å². The summed E-state index contributed by atoms with van der Waals surface area (Å²) in [5.74, 6) is -0.357. The number of carbonyl (C=O) groups is 1. The van der Waals surface area contributed by atoms with E-state index in [9.17, 15) is 4.79 Å². The van der Waals surface area contributed by atoms with Crippen molar-refractivity contribution in [3.63, 3.8) is 0 Å². The highest BCUT2D eigenvalue weighted by Gasteiger charge is 2.23. The molecule has 3 heterocycles. The molecule has 0 radical (unpaired) electrons. The SMILES string of the molecule is CCN.CCOC(=O)c1cnc2[nH]ncc2c1N1CCOCC1. The first kappa shape index (κ1) is 17.2. The second-order valence-electron chi connectivity index (χ2n) is 4.88. The summed E-state index contributed by atoms with van der Waals surface area (Å²) in [5.41, 5.74) is 6.81. The van der Waals surface area contributed by atoms with Crippen molar-refractivity contribution in [2.75, 3.05) is 44.4 Å². The van der Waals surface area contributed by atoms with Crippen LogP contribution in [-0.2, 0) is 9.47 Å². The number of hydrogen-bond donors (Lipinski definition) is 2. The van der Waals surface area contributed by atoms with Gasteiger partial charge in [-0.2, -0.15) is 5.10 Å². The molecule has 3 N–H and O–H groups in total. The van der Waals surface area contributed by atoms with Gasteiger partial charge in [0.15, 0.2) is 5.65 Å². The Labute approximate surface area is 135 Å². The van der Waals surface area contributed by atoms with E-state index in [-0.39, 0.29) is 5.97 Å². The third-order valence-electron chi connectivity index (χ3n) is 3.27. The van der Waals surface area contributed by atoms with Crippen LogP contribution in [0.4, 0.5) is 5.69 Å². The number of morpholine rings is 1. The summed E-state index contributed by atoms with van der Waals surface area (Å²) in [5, 5.41) is 7.66. The van der Waals surface area contributed by atoms with Gasteiger partial charge in [0.2, 0.25) is 0 Å². The van der Waals surface area contributed by atoms with Gasteiger partial charge in [0.1, 0.15) is 5.56 Å². The topological polar surface area (TPSA) is 106 Å². The van der Waals surface area contributed by atoms with Crippen molar-refractivity contribution in [1.82, 2.24) is 15.2 Å². The van der Waals surface area contributed by atoms with Crippen LogP contribution in [0.2, 0.25) is 0 Å². The van der Waals surface area contributed by atoms with Crippen LogP contribution in [0, 0.1) is 0 Å². The minimum absolute atomic E-state index is 0.338. The van der Waals surface area contributed by atoms with Gasteiger partial charge in [-0.25, -0.2) is 9.78 Å². The molecule has 2 aromatic rings. The normalized spacial score (nSPS) is 14.3. The van der Waals surface area contributed by atoms with Crippen LogP contribution in [0.1, 0.15) is 24.2 Å². The molecule has 23 heavy (non-hydrogen) atoms. The number of carbonyl (C=O) groups excluding carboxylic acids is 1. The average Bonchev–Trinajstić information content (AvgIpc) is 3.04. The fraction of sp³-hybridized carbons (Fsp3) is 0.533. The van der Waals surface area contributed by atoms with Crippen molar-refractivity contribution in [2.24, 2.45) is 5.73 Å². The molecular formula is C15H23N5O3. The van der Waals surface area contributed by atoms with Crippen LogP contribution in [-0.4, -0.2) is 60.6 Å². The van der Waals surface area contributed by atoms with Crippen LogP contribution in [0.25, 0.3) is 11.0 Å². The highest BCUT2D eigenvalue weighted by molar-refractivity contribution is 6.04. The second-order valence-corrected chi connectivity index (χ2v) is 4.88. The molecule has 0 aromatic carbocycles. The number of aromatic nitrogens is 3. The molecule has 0 saturated carbocycles. The maximum atomic E-state index is 12.1. The molecule has 8 heteroatoms. The third kappa shape index (κ3) is 3.96. The van der Waals surface area contributed by atoms with Crippen LogP contribution in [0.3, 0.4) is 0 Å². The van der Waals surface area contributed by atoms with E-state index in [1.165, 1.54) is 0 Å². The molecular weight excluding hydrogens is 298 g/mol. The number of H-pyrrole nitrogens is 1. The summed E-state index contributed by atoms with van der Waals surface area (Å²) in [4.78, 5) is 18.5. The molecule has 0 amide bonds. The van der Waals surface area contributed by atoms with Crippen LogP contribution >= 0.6 is 0 Å². The van der Waals surface area contributed by atoms with Crippen molar-refractivity contribution in [3.8, 4) is 0 Å². The minimum atomic E-state index is -0.357. The standard InChI is InChI=1S/C13H16N4O3.C2H7N/c1-2-20-13(18)10-7-14-12-9(8-15-16-12)11(10)17-3-5-19-6-4-17;1-2-3/h7-8H,2-6H2,1H3,(H,14,15,16);2-3H2,1H3. The van der Waals surface area contributed by atoms with E-state index in [4.69, 9.17) is 15.2 Å². The zero-order valence-electron chi connectivity index (χ0n) is 13.5. The van der Waals surface area contributed by atoms with Gasteiger partial charge in [0.25, 0.3) is 0 Å². The predicted molar refractivity (Wildman–Crippen MR) is 87.6 cm³/mol. The van der Waals surface area contributed by atoms with E-state index in [0.29, 0.717) is 31.0 Å². The van der Waals surface area contributed by atoms with Crippen LogP contribution in [0.5, 0.6) is 0 Å². The molecule has 8 nitrogen and oxygen atoms in total. The first-order valence-electron chi connectivity index (χ1n) is 7.74. The zero-order valence-corrected chi connectivity index (χ0v) is 13.5. The first-order chi connectivity index (χ1) is 11.2. The molecule has 1 aliphatic heterocycles. The number of pyridine rings is 1. The Morgan fingerprint density at radius 2 is 2.09 bits per heavy atom. The van der Waals surface area contributed by atoms with Crippen LogP contribution < -0.4 is 10.6 Å². The maximum absolute atomic E-state index is 12.1. The van der Waals surface area contributed by atoms with Crippen molar-refractivity contribution in [3.05, 3.63) is 18.0 Å². The molecule has 2 aromatic heterocycles. The second kappa shape index (κ2) is 8.44. The Kier molecular flexibility index (Phi) is 6.30. The van der Waals surface area contributed by atoms with E-state index < -0.39 is 0 Å². The first-order valence-corrected chi connectivity index (χ1v) is 7.74. The van der Waals surface area contributed by atoms with Crippen molar-refractivity contribution in [2.45, 2.75) is 13.8 Å². The molecule has 0 atom stereocenters. The van der Waals surface area contributed by atoms with Crippen molar-refractivity contribution < 1.29 is 14.3 Å². The van der Waals surface area contributed by atoms with Gasteiger partial charge in [-0.05, 0) is 13.5 Å². The average molecular weight is 321 g/mol. The number of rotatable bonds is 3. The quantitative estimate of drug-likeness (QED) is 0.810. The van der Waals surface area contributed by atoms with E-state index in [1.807, 2.05) is 6.92 Å². The van der Waals surface area contributed by atoms with Gasteiger partial charge in [0.05, 0.1) is 37.1 Å². The van der Waals surface area contributed by atoms with E-state index in [2.05, 4.69) is 20.1 Å². The summed E-state index contributed by atoms with van der Waals surface area (Å²) >= 11 is 0. The van der Waals surface area contributed by atoms with Crippen LogP contribution in [0.15, 0.2) is 12.4 Å². The fourth-order valence-corrected chi connectivity index (χ4v) is 2.37. The van der Waals surface area contributed by atoms with Gasteiger partial charge < -0.3 is 20.1 Å². The Morgan fingerprint density at radius 3 is 2.74 bits per heavy atom. The molecule has 126 valence electrons. The molecule has 1 saturated heterocycles. The summed E-state index contributed by atoms with van der Waals surface area (Å²) in [6.45, 7) is 7.53. The van der Waals surface area contributed by atoms with Gasteiger partial charge in [-0.3, -0.25) is 5.10 Å². The largest absolute Gasteiger partial charge is 0.462 e. The lowest BCUT2D eigenvalue weighted by Crippen LogP contribution is -2.37. The van der Waals surface area contributed by atoms with Crippen molar-refractivity contribution in [1.29, 1.82) is 0 Å². The molecule has 0 unspecified atom stereocenters. The van der Waals surface area contributed by atoms with Gasteiger partial charge in [-0.15, -0.1) is 0 Å². The fourth-order valence-electron chi connectivity index (χ4n) is 2.37. The number of ether oxygens (including phenoxy) is 2. The summed E-state index contributed by atoms with van der Waals surface area (Å²) in [7, 11) is 0. The number of anilines is 1. The Morgan fingerprint density at radius 1 is 1.39 bits per heavy atom. The lowest BCUT2D eigenvalue weighted by Gasteiger charge is -2.30. The Hall–Kier alpha value is -2.19. The molecule has 0 aliphatic carbocycles. The number of fused-ring (bicyclic) bond motifs is 1. The van der Waals surface area contributed by atoms with E-state index in [1.54, 1.807) is 19.3 Å². The minimum Gasteiger partial charge on any atom is -0.462 e. The predicted octanol–water partition coefficient (Wildman–Crippen LogP) is 0.936. The summed E-state index contributed by atoms with van der Waals surface area (Å²) in [6.07, 6.45) is 3.24. The maximum Gasteiger partial charge on any atom is 0.341 e. The number of aromatic amines is 1. The Balaban J connectivity index is 0.000000595. The molecule has 3 rings (SSSR count). The summed E-state index contributed by atoms with van der Waals surface area (Å²) in [6, 6.07) is 0. The Bertz CT molecular complexity index is 637. The molecule has 0 bridgehead atoms. The monoisotopic (exact) mass is 321 g/mol.